The van der Waals surface area contributed by atoms with Gasteiger partial charge >= 0.3 is 18.2 Å². The van der Waals surface area contributed by atoms with Crippen LogP contribution in [0.1, 0.15) is 0 Å². The average molecular weight is 337 g/mol. The maximum absolute atomic E-state index is 12.8. The Morgan fingerprint density at radius 2 is 1.82 bits per heavy atom. The number of carbonyl (C=O) groups excluding carboxylic acids is 1. The lowest BCUT2D eigenvalue weighted by atomic mass is 9.96. The number of carboxylic acid groups (broad SMARTS) is 1. The van der Waals surface area contributed by atoms with Crippen molar-refractivity contribution in [3.05, 3.63) is 29.3 Å². The highest BCUT2D eigenvalue weighted by Gasteiger charge is 2.53. The van der Waals surface area contributed by atoms with Crippen LogP contribution in [0.4, 0.5) is 23.7 Å². The van der Waals surface area contributed by atoms with E-state index in [1.807, 2.05) is 0 Å². The number of carboxylic acids is 1. The van der Waals surface area contributed by atoms with Crippen molar-refractivity contribution in [1.29, 1.82) is 0 Å². The Kier molecular flexibility index (Phi) is 4.50. The molecule has 2 N–H and O–H groups in total. The van der Waals surface area contributed by atoms with Gasteiger partial charge in [0, 0.05) is 23.8 Å². The number of halogens is 4. The van der Waals surface area contributed by atoms with Gasteiger partial charge in [-0.15, -0.1) is 0 Å². The maximum atomic E-state index is 12.8. The van der Waals surface area contributed by atoms with Crippen LogP contribution in [0.3, 0.4) is 0 Å². The van der Waals surface area contributed by atoms with Gasteiger partial charge in [-0.05, 0) is 24.3 Å². The monoisotopic (exact) mass is 336 g/mol. The van der Waals surface area contributed by atoms with Crippen LogP contribution in [0.15, 0.2) is 24.3 Å². The quantitative estimate of drug-likeness (QED) is 0.872. The average Bonchev–Trinajstić information content (AvgIpc) is 2.86. The molecule has 5 nitrogen and oxygen atoms in total. The Morgan fingerprint density at radius 3 is 2.27 bits per heavy atom. The second-order valence-electron chi connectivity index (χ2n) is 4.93. The van der Waals surface area contributed by atoms with Crippen LogP contribution in [-0.4, -0.2) is 41.3 Å². The zero-order chi connectivity index (χ0) is 16.5. The first-order valence-corrected chi connectivity index (χ1v) is 6.67. The van der Waals surface area contributed by atoms with Crippen molar-refractivity contribution in [2.45, 2.75) is 6.18 Å². The first-order chi connectivity index (χ1) is 10.2. The van der Waals surface area contributed by atoms with Gasteiger partial charge in [0.2, 0.25) is 0 Å². The molecule has 1 aliphatic rings. The van der Waals surface area contributed by atoms with Gasteiger partial charge in [-0.1, -0.05) is 11.6 Å². The molecule has 0 bridgehead atoms. The molecular weight excluding hydrogens is 325 g/mol. The Bertz CT molecular complexity index is 577. The second kappa shape index (κ2) is 6.04. The molecular formula is C13H12ClF3N2O3. The van der Waals surface area contributed by atoms with Gasteiger partial charge in [0.1, 0.15) is 0 Å². The molecule has 0 aromatic heterocycles. The molecule has 0 aliphatic carbocycles. The fourth-order valence-corrected chi connectivity index (χ4v) is 2.41. The number of nitrogens with one attached hydrogen (secondary N) is 1. The van der Waals surface area contributed by atoms with Gasteiger partial charge < -0.3 is 15.3 Å². The second-order valence-corrected chi connectivity index (χ2v) is 5.37. The lowest BCUT2D eigenvalue weighted by Gasteiger charge is -2.18. The van der Waals surface area contributed by atoms with Crippen LogP contribution in [0.2, 0.25) is 5.02 Å². The third kappa shape index (κ3) is 3.62. The Balaban J connectivity index is 2.08. The zero-order valence-corrected chi connectivity index (χ0v) is 11.9. The maximum Gasteiger partial charge on any atom is 0.394 e. The molecule has 2 rings (SSSR count). The molecule has 0 radical (unpaired) electrons. The first-order valence-electron chi connectivity index (χ1n) is 6.29. The van der Waals surface area contributed by atoms with Crippen LogP contribution in [0.5, 0.6) is 0 Å². The largest absolute Gasteiger partial charge is 0.481 e. The van der Waals surface area contributed by atoms with Crippen molar-refractivity contribution < 1.29 is 27.9 Å². The minimum absolute atomic E-state index is 0.358. The van der Waals surface area contributed by atoms with Crippen LogP contribution >= 0.6 is 11.6 Å². The van der Waals surface area contributed by atoms with Crippen molar-refractivity contribution in [2.75, 3.05) is 18.4 Å². The molecule has 0 saturated carbocycles. The van der Waals surface area contributed by atoms with Gasteiger partial charge in [-0.2, -0.15) is 13.2 Å². The SMILES string of the molecule is O=C(O)[C@@H]1CN(C(=O)Nc2ccc(Cl)cc2)C[C@H]1C(F)(F)F. The molecule has 1 saturated heterocycles. The Morgan fingerprint density at radius 1 is 1.23 bits per heavy atom. The predicted octanol–water partition coefficient (Wildman–Crippen LogP) is 3.07. The molecule has 2 atom stereocenters. The smallest absolute Gasteiger partial charge is 0.394 e. The number of hydrogen-bond acceptors (Lipinski definition) is 2. The molecule has 0 spiro atoms. The highest BCUT2D eigenvalue weighted by Crippen LogP contribution is 2.37. The van der Waals surface area contributed by atoms with Crippen LogP contribution in [0, 0.1) is 11.8 Å². The number of nitrogens with zero attached hydrogens (tertiary/aromatic N) is 1. The lowest BCUT2D eigenvalue weighted by Crippen LogP contribution is -2.35. The summed E-state index contributed by atoms with van der Waals surface area (Å²) in [7, 11) is 0. The first kappa shape index (κ1) is 16.4. The summed E-state index contributed by atoms with van der Waals surface area (Å²) in [6.07, 6.45) is -4.67. The number of urea groups is 1. The Hall–Kier alpha value is -1.96. The van der Waals surface area contributed by atoms with Crippen molar-refractivity contribution in [3.8, 4) is 0 Å². The van der Waals surface area contributed by atoms with Crippen molar-refractivity contribution in [2.24, 2.45) is 11.8 Å². The molecule has 2 amide bonds. The third-order valence-corrected chi connectivity index (χ3v) is 3.69. The van der Waals surface area contributed by atoms with E-state index in [1.165, 1.54) is 24.3 Å². The normalized spacial score (nSPS) is 21.7. The minimum Gasteiger partial charge on any atom is -0.481 e. The van der Waals surface area contributed by atoms with Gasteiger partial charge in [-0.3, -0.25) is 4.79 Å². The van der Waals surface area contributed by atoms with Crippen molar-refractivity contribution in [1.82, 2.24) is 4.90 Å². The summed E-state index contributed by atoms with van der Waals surface area (Å²) >= 11 is 5.69. The summed E-state index contributed by atoms with van der Waals surface area (Å²) in [5, 5.41) is 11.8. The van der Waals surface area contributed by atoms with Gasteiger partial charge in [0.25, 0.3) is 0 Å². The van der Waals surface area contributed by atoms with E-state index in [-0.39, 0.29) is 0 Å². The summed E-state index contributed by atoms with van der Waals surface area (Å²) < 4.78 is 38.5. The molecule has 1 fully saturated rings. The summed E-state index contributed by atoms with van der Waals surface area (Å²) in [4.78, 5) is 23.8. The number of benzene rings is 1. The number of anilines is 1. The fourth-order valence-electron chi connectivity index (χ4n) is 2.29. The number of carbonyl (C=O) groups is 2. The third-order valence-electron chi connectivity index (χ3n) is 3.44. The molecule has 120 valence electrons. The summed E-state index contributed by atoms with van der Waals surface area (Å²) in [5.74, 6) is -5.29. The van der Waals surface area contributed by atoms with Crippen LogP contribution < -0.4 is 5.32 Å². The predicted molar refractivity (Wildman–Crippen MR) is 72.7 cm³/mol. The van der Waals surface area contributed by atoms with E-state index in [0.717, 1.165) is 4.90 Å². The van der Waals surface area contributed by atoms with Gasteiger partial charge in [0.05, 0.1) is 11.8 Å². The summed E-state index contributed by atoms with van der Waals surface area (Å²) in [6.45, 7) is -1.17. The molecule has 9 heteroatoms. The van der Waals surface area contributed by atoms with Crippen molar-refractivity contribution >= 4 is 29.3 Å². The molecule has 1 aromatic carbocycles. The minimum atomic E-state index is -4.67. The topological polar surface area (TPSA) is 69.6 Å². The van der Waals surface area contributed by atoms with Crippen molar-refractivity contribution in [3.63, 3.8) is 0 Å². The zero-order valence-electron chi connectivity index (χ0n) is 11.1. The van der Waals surface area contributed by atoms with E-state index in [0.29, 0.717) is 10.7 Å². The molecule has 1 aliphatic heterocycles. The Labute approximate surface area is 128 Å². The molecule has 1 aromatic rings. The molecule has 1 heterocycles. The number of alkyl halides is 3. The molecule has 22 heavy (non-hydrogen) atoms. The highest BCUT2D eigenvalue weighted by molar-refractivity contribution is 6.30. The number of aliphatic carboxylic acids is 1. The van der Waals surface area contributed by atoms with E-state index in [4.69, 9.17) is 16.7 Å². The summed E-state index contributed by atoms with van der Waals surface area (Å²) in [6, 6.07) is 5.23. The fraction of sp³-hybridized carbons (Fsp3) is 0.385. The van der Waals surface area contributed by atoms with E-state index in [2.05, 4.69) is 5.32 Å². The van der Waals surface area contributed by atoms with Gasteiger partial charge in [-0.25, -0.2) is 4.79 Å². The van der Waals surface area contributed by atoms with Gasteiger partial charge in [0.15, 0.2) is 0 Å². The number of amides is 2. The molecule has 0 unspecified atom stereocenters. The number of likely N-dealkylation sites (tertiary alicyclic amines) is 1. The van der Waals surface area contributed by atoms with E-state index < -0.39 is 43.1 Å². The number of rotatable bonds is 2. The standard InChI is InChI=1S/C13H12ClF3N2O3/c14-7-1-3-8(4-2-7)18-12(22)19-5-9(11(20)21)10(6-19)13(15,16)17/h1-4,9-10H,5-6H2,(H,18,22)(H,20,21)/t9-,10-/m1/s1. The van der Waals surface area contributed by atoms with Crippen LogP contribution in [-0.2, 0) is 4.79 Å². The summed E-state index contributed by atoms with van der Waals surface area (Å²) in [5.41, 5.74) is 0.358. The van der Waals surface area contributed by atoms with E-state index in [1.54, 1.807) is 0 Å². The lowest BCUT2D eigenvalue weighted by molar-refractivity contribution is -0.187. The van der Waals surface area contributed by atoms with E-state index >= 15 is 0 Å². The van der Waals surface area contributed by atoms with E-state index in [9.17, 15) is 22.8 Å². The number of hydrogen-bond donors (Lipinski definition) is 2. The van der Waals surface area contributed by atoms with Crippen LogP contribution in [0.25, 0.3) is 0 Å². The highest BCUT2D eigenvalue weighted by atomic mass is 35.5.